The summed E-state index contributed by atoms with van der Waals surface area (Å²) in [6.45, 7) is 5.13. The number of likely N-dealkylation sites (tertiary alicyclic amines) is 1. The number of amides is 2. The van der Waals surface area contributed by atoms with Gasteiger partial charge in [0.1, 0.15) is 0 Å². The standard InChI is InChI=1S/C14H20N2O2/c1-10-4-3-5-13(8-10)15-14(18)16-7-6-12(9-16)11(2)17/h3-5,8,11-12,17H,6-7,9H2,1-2H3,(H,15,18). The van der Waals surface area contributed by atoms with Crippen LogP contribution in [0.15, 0.2) is 24.3 Å². The van der Waals surface area contributed by atoms with Gasteiger partial charge in [0.15, 0.2) is 0 Å². The minimum Gasteiger partial charge on any atom is -0.393 e. The third kappa shape index (κ3) is 3.01. The number of urea groups is 1. The average molecular weight is 248 g/mol. The van der Waals surface area contributed by atoms with Crippen LogP contribution in [0, 0.1) is 12.8 Å². The highest BCUT2D eigenvalue weighted by atomic mass is 16.3. The maximum atomic E-state index is 12.0. The molecule has 1 heterocycles. The summed E-state index contributed by atoms with van der Waals surface area (Å²) in [5.41, 5.74) is 1.94. The van der Waals surface area contributed by atoms with Gasteiger partial charge in [-0.25, -0.2) is 4.79 Å². The lowest BCUT2D eigenvalue weighted by Crippen LogP contribution is -2.34. The van der Waals surface area contributed by atoms with Crippen LogP contribution in [-0.4, -0.2) is 35.2 Å². The van der Waals surface area contributed by atoms with Gasteiger partial charge in [-0.05, 0) is 38.0 Å². The molecule has 98 valence electrons. The van der Waals surface area contributed by atoms with Crippen molar-refractivity contribution in [1.29, 1.82) is 0 Å². The molecule has 4 heteroatoms. The quantitative estimate of drug-likeness (QED) is 0.843. The van der Waals surface area contributed by atoms with E-state index in [1.54, 1.807) is 11.8 Å². The molecule has 1 aliphatic rings. The molecule has 2 rings (SSSR count). The molecule has 2 N–H and O–H groups in total. The highest BCUT2D eigenvalue weighted by molar-refractivity contribution is 5.89. The van der Waals surface area contributed by atoms with E-state index >= 15 is 0 Å². The SMILES string of the molecule is Cc1cccc(NC(=O)N2CCC(C(C)O)C2)c1. The topological polar surface area (TPSA) is 52.6 Å². The van der Waals surface area contributed by atoms with Crippen LogP contribution in [0.25, 0.3) is 0 Å². The summed E-state index contributed by atoms with van der Waals surface area (Å²) in [6, 6.07) is 7.67. The first-order valence-electron chi connectivity index (χ1n) is 6.37. The molecule has 1 aromatic carbocycles. The molecule has 2 amide bonds. The van der Waals surface area contributed by atoms with E-state index in [2.05, 4.69) is 5.32 Å². The molecule has 0 radical (unpaired) electrons. The first-order chi connectivity index (χ1) is 8.56. The minimum atomic E-state index is -0.346. The molecular formula is C14H20N2O2. The molecule has 2 unspecified atom stereocenters. The van der Waals surface area contributed by atoms with Gasteiger partial charge in [0, 0.05) is 24.7 Å². The van der Waals surface area contributed by atoms with Crippen molar-refractivity contribution >= 4 is 11.7 Å². The maximum Gasteiger partial charge on any atom is 0.321 e. The Labute approximate surface area is 108 Å². The number of nitrogens with one attached hydrogen (secondary N) is 1. The number of hydrogen-bond donors (Lipinski definition) is 2. The van der Waals surface area contributed by atoms with Crippen LogP contribution in [0.3, 0.4) is 0 Å². The number of carbonyl (C=O) groups excluding carboxylic acids is 1. The third-order valence-corrected chi connectivity index (χ3v) is 3.46. The van der Waals surface area contributed by atoms with Gasteiger partial charge in [0.25, 0.3) is 0 Å². The van der Waals surface area contributed by atoms with Crippen molar-refractivity contribution in [3.63, 3.8) is 0 Å². The van der Waals surface area contributed by atoms with E-state index in [-0.39, 0.29) is 18.1 Å². The van der Waals surface area contributed by atoms with Crippen molar-refractivity contribution in [2.75, 3.05) is 18.4 Å². The van der Waals surface area contributed by atoms with Gasteiger partial charge in [-0.1, -0.05) is 12.1 Å². The van der Waals surface area contributed by atoms with Crippen LogP contribution in [-0.2, 0) is 0 Å². The fraction of sp³-hybridized carbons (Fsp3) is 0.500. The summed E-state index contributed by atoms with van der Waals surface area (Å²) in [5.74, 6) is 0.202. The summed E-state index contributed by atoms with van der Waals surface area (Å²) >= 11 is 0. The van der Waals surface area contributed by atoms with Gasteiger partial charge in [0.2, 0.25) is 0 Å². The number of aryl methyl sites for hydroxylation is 1. The van der Waals surface area contributed by atoms with E-state index in [1.165, 1.54) is 0 Å². The Morgan fingerprint density at radius 1 is 1.56 bits per heavy atom. The number of nitrogens with zero attached hydrogens (tertiary/aromatic N) is 1. The Bertz CT molecular complexity index is 432. The van der Waals surface area contributed by atoms with Gasteiger partial charge in [-0.2, -0.15) is 0 Å². The van der Waals surface area contributed by atoms with E-state index in [0.29, 0.717) is 13.1 Å². The van der Waals surface area contributed by atoms with E-state index in [1.807, 2.05) is 31.2 Å². The van der Waals surface area contributed by atoms with Crippen LogP contribution in [0.4, 0.5) is 10.5 Å². The monoisotopic (exact) mass is 248 g/mol. The summed E-state index contributed by atoms with van der Waals surface area (Å²) in [6.07, 6.45) is 0.528. The van der Waals surface area contributed by atoms with Crippen molar-refractivity contribution < 1.29 is 9.90 Å². The fourth-order valence-corrected chi connectivity index (χ4v) is 2.29. The molecule has 1 saturated heterocycles. The van der Waals surface area contributed by atoms with Gasteiger partial charge in [-0.15, -0.1) is 0 Å². The van der Waals surface area contributed by atoms with Crippen LogP contribution in [0.5, 0.6) is 0 Å². The van der Waals surface area contributed by atoms with Gasteiger partial charge in [0.05, 0.1) is 6.10 Å². The zero-order valence-corrected chi connectivity index (χ0v) is 10.9. The van der Waals surface area contributed by atoms with Crippen LogP contribution in [0.1, 0.15) is 18.9 Å². The predicted octanol–water partition coefficient (Wildman–Crippen LogP) is 2.23. The number of benzene rings is 1. The van der Waals surface area contributed by atoms with Crippen LogP contribution >= 0.6 is 0 Å². The molecule has 0 saturated carbocycles. The lowest BCUT2D eigenvalue weighted by atomic mass is 10.0. The van der Waals surface area contributed by atoms with Crippen molar-refractivity contribution in [2.45, 2.75) is 26.4 Å². The Morgan fingerprint density at radius 2 is 2.33 bits per heavy atom. The number of aliphatic hydroxyl groups excluding tert-OH is 1. The molecule has 0 aliphatic carbocycles. The number of aliphatic hydroxyl groups is 1. The normalized spacial score (nSPS) is 20.8. The Kier molecular flexibility index (Phi) is 3.87. The van der Waals surface area contributed by atoms with Crippen LogP contribution in [0.2, 0.25) is 0 Å². The molecule has 18 heavy (non-hydrogen) atoms. The summed E-state index contributed by atoms with van der Waals surface area (Å²) in [5, 5.41) is 12.4. The van der Waals surface area contributed by atoms with E-state index in [4.69, 9.17) is 0 Å². The Hall–Kier alpha value is -1.55. The Balaban J connectivity index is 1.93. The summed E-state index contributed by atoms with van der Waals surface area (Å²) in [4.78, 5) is 13.8. The second kappa shape index (κ2) is 5.40. The number of hydrogen-bond acceptors (Lipinski definition) is 2. The van der Waals surface area contributed by atoms with Gasteiger partial charge >= 0.3 is 6.03 Å². The van der Waals surface area contributed by atoms with Gasteiger partial charge in [-0.3, -0.25) is 0 Å². The van der Waals surface area contributed by atoms with Crippen molar-refractivity contribution in [1.82, 2.24) is 4.90 Å². The molecule has 2 atom stereocenters. The predicted molar refractivity (Wildman–Crippen MR) is 71.6 cm³/mol. The summed E-state index contributed by atoms with van der Waals surface area (Å²) < 4.78 is 0. The number of rotatable bonds is 2. The highest BCUT2D eigenvalue weighted by Gasteiger charge is 2.28. The van der Waals surface area contributed by atoms with E-state index in [9.17, 15) is 9.90 Å². The first kappa shape index (κ1) is 12.9. The molecule has 1 aliphatic heterocycles. The smallest absolute Gasteiger partial charge is 0.321 e. The molecule has 0 spiro atoms. The zero-order valence-electron chi connectivity index (χ0n) is 10.9. The largest absolute Gasteiger partial charge is 0.393 e. The lowest BCUT2D eigenvalue weighted by Gasteiger charge is -2.18. The Morgan fingerprint density at radius 3 is 2.94 bits per heavy atom. The number of carbonyl (C=O) groups is 1. The second-order valence-corrected chi connectivity index (χ2v) is 5.04. The van der Waals surface area contributed by atoms with Crippen LogP contribution < -0.4 is 5.32 Å². The minimum absolute atomic E-state index is 0.0799. The van der Waals surface area contributed by atoms with E-state index < -0.39 is 0 Å². The molecule has 0 aromatic heterocycles. The molecule has 0 bridgehead atoms. The fourth-order valence-electron chi connectivity index (χ4n) is 2.29. The third-order valence-electron chi connectivity index (χ3n) is 3.46. The van der Waals surface area contributed by atoms with Crippen molar-refractivity contribution in [2.24, 2.45) is 5.92 Å². The lowest BCUT2D eigenvalue weighted by molar-refractivity contribution is 0.130. The summed E-state index contributed by atoms with van der Waals surface area (Å²) in [7, 11) is 0. The molecule has 1 fully saturated rings. The van der Waals surface area contributed by atoms with Crippen molar-refractivity contribution in [3.8, 4) is 0 Å². The first-order valence-corrected chi connectivity index (χ1v) is 6.37. The van der Waals surface area contributed by atoms with E-state index in [0.717, 1.165) is 17.7 Å². The molecule has 4 nitrogen and oxygen atoms in total. The highest BCUT2D eigenvalue weighted by Crippen LogP contribution is 2.20. The van der Waals surface area contributed by atoms with Crippen molar-refractivity contribution in [3.05, 3.63) is 29.8 Å². The maximum absolute atomic E-state index is 12.0. The molecular weight excluding hydrogens is 228 g/mol. The average Bonchev–Trinajstić information content (AvgIpc) is 2.78. The zero-order chi connectivity index (χ0) is 13.1. The molecule has 1 aromatic rings. The van der Waals surface area contributed by atoms with Gasteiger partial charge < -0.3 is 15.3 Å². The number of anilines is 1. The second-order valence-electron chi connectivity index (χ2n) is 5.04.